The first-order valence-electron chi connectivity index (χ1n) is 6.03. The monoisotopic (exact) mass is 283 g/mol. The fourth-order valence-electron chi connectivity index (χ4n) is 1.48. The number of benzene rings is 2. The van der Waals surface area contributed by atoms with E-state index in [0.717, 1.165) is 5.69 Å². The number of nitrogens with two attached hydrogens (primary N) is 1. The minimum Gasteiger partial charge on any atom is -0.507 e. The largest absolute Gasteiger partial charge is 0.507 e. The van der Waals surface area contributed by atoms with Crippen molar-refractivity contribution in [1.82, 2.24) is 5.43 Å². The van der Waals surface area contributed by atoms with Gasteiger partial charge < -0.3 is 10.8 Å². The first-order valence-corrected chi connectivity index (χ1v) is 6.03. The van der Waals surface area contributed by atoms with Gasteiger partial charge in [0, 0.05) is 5.56 Å². The van der Waals surface area contributed by atoms with Gasteiger partial charge in [-0.3, -0.25) is 0 Å². The summed E-state index contributed by atoms with van der Waals surface area (Å²) in [6, 6.07) is 13.1. The summed E-state index contributed by atoms with van der Waals surface area (Å²) < 4.78 is 0. The molecule has 0 radical (unpaired) electrons. The zero-order valence-corrected chi connectivity index (χ0v) is 11.0. The number of carbonyl (C=O) groups is 1. The number of primary amides is 1. The maximum Gasteiger partial charge on any atom is 0.332 e. The van der Waals surface area contributed by atoms with Gasteiger partial charge in [-0.25, -0.2) is 10.2 Å². The van der Waals surface area contributed by atoms with E-state index in [1.54, 1.807) is 12.1 Å². The Balaban J connectivity index is 2.16. The van der Waals surface area contributed by atoms with Gasteiger partial charge in [-0.15, -0.1) is 0 Å². The SMILES string of the molecule is NC(=O)NN=Cc1cc(N=Nc2ccccc2)ccc1O. The third kappa shape index (κ3) is 4.43. The van der Waals surface area contributed by atoms with Crippen molar-refractivity contribution in [3.8, 4) is 5.75 Å². The minimum absolute atomic E-state index is 0.00341. The van der Waals surface area contributed by atoms with Crippen LogP contribution in [0.1, 0.15) is 5.56 Å². The third-order valence-corrected chi connectivity index (χ3v) is 2.43. The topological polar surface area (TPSA) is 112 Å². The highest BCUT2D eigenvalue weighted by Crippen LogP contribution is 2.23. The number of azo groups is 1. The number of phenolic OH excluding ortho intramolecular Hbond substituents is 1. The Morgan fingerprint density at radius 1 is 1.10 bits per heavy atom. The Labute approximate surface area is 120 Å². The molecule has 0 fully saturated rings. The number of nitrogens with one attached hydrogen (secondary N) is 1. The third-order valence-electron chi connectivity index (χ3n) is 2.43. The van der Waals surface area contributed by atoms with Gasteiger partial charge in [-0.2, -0.15) is 15.3 Å². The molecule has 7 nitrogen and oxygen atoms in total. The Kier molecular flexibility index (Phi) is 4.60. The molecule has 0 spiro atoms. The highest BCUT2D eigenvalue weighted by atomic mass is 16.3. The number of hydrogen-bond acceptors (Lipinski definition) is 5. The summed E-state index contributed by atoms with van der Waals surface area (Å²) in [5.74, 6) is 0.00341. The summed E-state index contributed by atoms with van der Waals surface area (Å²) in [7, 11) is 0. The van der Waals surface area contributed by atoms with E-state index in [2.05, 4.69) is 15.3 Å². The Morgan fingerprint density at radius 3 is 2.52 bits per heavy atom. The van der Waals surface area contributed by atoms with Crippen LogP contribution in [-0.4, -0.2) is 17.4 Å². The van der Waals surface area contributed by atoms with Crippen LogP contribution in [0.5, 0.6) is 5.75 Å². The zero-order valence-electron chi connectivity index (χ0n) is 11.0. The molecular weight excluding hydrogens is 270 g/mol. The molecular formula is C14H13N5O2. The Hall–Kier alpha value is -3.22. The number of amides is 2. The zero-order chi connectivity index (χ0) is 15.1. The molecule has 0 heterocycles. The van der Waals surface area contributed by atoms with Crippen molar-refractivity contribution in [2.75, 3.05) is 0 Å². The molecule has 0 atom stereocenters. The summed E-state index contributed by atoms with van der Waals surface area (Å²) >= 11 is 0. The lowest BCUT2D eigenvalue weighted by Crippen LogP contribution is -2.24. The van der Waals surface area contributed by atoms with Crippen LogP contribution in [0.3, 0.4) is 0 Å². The van der Waals surface area contributed by atoms with Gasteiger partial charge in [0.25, 0.3) is 0 Å². The van der Waals surface area contributed by atoms with Crippen molar-refractivity contribution in [1.29, 1.82) is 0 Å². The molecule has 2 amide bonds. The van der Waals surface area contributed by atoms with E-state index in [-0.39, 0.29) is 5.75 Å². The fraction of sp³-hybridized carbons (Fsp3) is 0. The summed E-state index contributed by atoms with van der Waals surface area (Å²) in [6.45, 7) is 0. The number of urea groups is 1. The molecule has 0 aromatic heterocycles. The van der Waals surface area contributed by atoms with Gasteiger partial charge in [0.15, 0.2) is 0 Å². The molecule has 7 heteroatoms. The predicted octanol–water partition coefficient (Wildman–Crippen LogP) is 2.81. The Morgan fingerprint density at radius 2 is 1.81 bits per heavy atom. The van der Waals surface area contributed by atoms with Crippen molar-refractivity contribution in [2.45, 2.75) is 0 Å². The number of phenols is 1. The van der Waals surface area contributed by atoms with Crippen LogP contribution in [-0.2, 0) is 0 Å². The van der Waals surface area contributed by atoms with Crippen molar-refractivity contribution in [2.24, 2.45) is 21.1 Å². The van der Waals surface area contributed by atoms with E-state index in [1.807, 2.05) is 35.8 Å². The molecule has 0 aliphatic rings. The van der Waals surface area contributed by atoms with Crippen LogP contribution in [0.15, 0.2) is 63.9 Å². The average Bonchev–Trinajstić information content (AvgIpc) is 2.48. The molecule has 21 heavy (non-hydrogen) atoms. The van der Waals surface area contributed by atoms with Gasteiger partial charge in [-0.05, 0) is 30.3 Å². The second kappa shape index (κ2) is 6.80. The summed E-state index contributed by atoms with van der Waals surface area (Å²) in [5.41, 5.74) is 8.56. The number of hydrazone groups is 1. The molecule has 0 aliphatic carbocycles. The average molecular weight is 283 g/mol. The molecule has 0 saturated carbocycles. The summed E-state index contributed by atoms with van der Waals surface area (Å²) in [5, 5.41) is 21.4. The smallest absolute Gasteiger partial charge is 0.332 e. The van der Waals surface area contributed by atoms with Gasteiger partial charge in [0.2, 0.25) is 0 Å². The van der Waals surface area contributed by atoms with Gasteiger partial charge in [0.1, 0.15) is 5.75 Å². The van der Waals surface area contributed by atoms with Gasteiger partial charge in [-0.1, -0.05) is 18.2 Å². The minimum atomic E-state index is -0.786. The lowest BCUT2D eigenvalue weighted by atomic mass is 10.2. The maximum atomic E-state index is 10.5. The molecule has 2 aromatic rings. The summed E-state index contributed by atoms with van der Waals surface area (Å²) in [6.07, 6.45) is 1.27. The van der Waals surface area contributed by atoms with Crippen molar-refractivity contribution < 1.29 is 9.90 Å². The van der Waals surface area contributed by atoms with Crippen molar-refractivity contribution >= 4 is 23.6 Å². The number of aromatic hydroxyl groups is 1. The van der Waals surface area contributed by atoms with Crippen LogP contribution in [0.2, 0.25) is 0 Å². The highest BCUT2D eigenvalue weighted by molar-refractivity contribution is 5.85. The van der Waals surface area contributed by atoms with E-state index in [1.165, 1.54) is 12.3 Å². The Bertz CT molecular complexity index is 683. The molecule has 0 aliphatic heterocycles. The molecule has 2 rings (SSSR count). The highest BCUT2D eigenvalue weighted by Gasteiger charge is 2.00. The van der Waals surface area contributed by atoms with E-state index in [0.29, 0.717) is 11.3 Å². The van der Waals surface area contributed by atoms with Crippen LogP contribution < -0.4 is 11.2 Å². The van der Waals surface area contributed by atoms with Gasteiger partial charge in [0.05, 0.1) is 17.6 Å². The molecule has 2 aromatic carbocycles. The van der Waals surface area contributed by atoms with Gasteiger partial charge >= 0.3 is 6.03 Å². The van der Waals surface area contributed by atoms with Crippen LogP contribution >= 0.6 is 0 Å². The quantitative estimate of drug-likeness (QED) is 0.455. The number of nitrogens with zero attached hydrogens (tertiary/aromatic N) is 3. The molecule has 0 unspecified atom stereocenters. The molecule has 0 bridgehead atoms. The summed E-state index contributed by atoms with van der Waals surface area (Å²) in [4.78, 5) is 10.5. The van der Waals surface area contributed by atoms with Crippen molar-refractivity contribution in [3.63, 3.8) is 0 Å². The van der Waals surface area contributed by atoms with E-state index >= 15 is 0 Å². The van der Waals surface area contributed by atoms with Crippen LogP contribution in [0.4, 0.5) is 16.2 Å². The number of hydrogen-bond donors (Lipinski definition) is 3. The normalized spacial score (nSPS) is 11.0. The lowest BCUT2D eigenvalue weighted by molar-refractivity contribution is 0.249. The molecule has 106 valence electrons. The number of carbonyl (C=O) groups excluding carboxylic acids is 1. The van der Waals surface area contributed by atoms with Crippen LogP contribution in [0.25, 0.3) is 0 Å². The molecule has 4 N–H and O–H groups in total. The lowest BCUT2D eigenvalue weighted by Gasteiger charge is -2.00. The fourth-order valence-corrected chi connectivity index (χ4v) is 1.48. The first kappa shape index (κ1) is 14.2. The number of rotatable bonds is 4. The van der Waals surface area contributed by atoms with Crippen molar-refractivity contribution in [3.05, 3.63) is 54.1 Å². The first-order chi connectivity index (χ1) is 10.1. The van der Waals surface area contributed by atoms with E-state index < -0.39 is 6.03 Å². The standard InChI is InChI=1S/C14H13N5O2/c15-14(21)19-16-9-10-8-12(6-7-13(10)20)18-17-11-4-2-1-3-5-11/h1-9,20H,(H3,15,19,21). The molecule has 0 saturated heterocycles. The second-order valence-electron chi connectivity index (χ2n) is 4.01. The maximum absolute atomic E-state index is 10.5. The van der Waals surface area contributed by atoms with E-state index in [9.17, 15) is 9.90 Å². The second-order valence-corrected chi connectivity index (χ2v) is 4.01. The van der Waals surface area contributed by atoms with Crippen LogP contribution in [0, 0.1) is 0 Å². The van der Waals surface area contributed by atoms with E-state index in [4.69, 9.17) is 5.73 Å². The predicted molar refractivity (Wildman–Crippen MR) is 79.0 cm³/mol.